The third-order valence-corrected chi connectivity index (χ3v) is 7.73. The summed E-state index contributed by atoms with van der Waals surface area (Å²) < 4.78 is 6.44. The molecule has 1 amide bonds. The number of carboxylic acids is 1. The maximum Gasteiger partial charge on any atom is 0.306 e. The number of carbonyl (C=O) groups excluding carboxylic acids is 1. The van der Waals surface area contributed by atoms with E-state index < -0.39 is 23.6 Å². The molecule has 0 spiro atoms. The van der Waals surface area contributed by atoms with E-state index in [-0.39, 0.29) is 18.1 Å². The van der Waals surface area contributed by atoms with Crippen LogP contribution in [0.2, 0.25) is 0 Å². The van der Waals surface area contributed by atoms with Crippen molar-refractivity contribution >= 4 is 11.9 Å². The number of unbranched alkanes of at least 4 members (excludes halogenated alkanes) is 1. The van der Waals surface area contributed by atoms with Crippen LogP contribution in [-0.4, -0.2) is 50.3 Å². The van der Waals surface area contributed by atoms with E-state index in [4.69, 9.17) is 9.84 Å². The second kappa shape index (κ2) is 12.2. The molecule has 1 aromatic rings. The number of rotatable bonds is 12. The molecule has 2 heterocycles. The average molecular weight is 514 g/mol. The summed E-state index contributed by atoms with van der Waals surface area (Å²) >= 11 is 0. The van der Waals surface area contributed by atoms with Gasteiger partial charge >= 0.3 is 5.97 Å². The number of phenolic OH excluding ortho intramolecular Hbond substituents is 1. The van der Waals surface area contributed by atoms with Crippen molar-refractivity contribution in [1.29, 1.82) is 0 Å². The van der Waals surface area contributed by atoms with Gasteiger partial charge in [0.1, 0.15) is 17.1 Å². The molecular weight excluding hydrogens is 470 g/mol. The maximum absolute atomic E-state index is 13.1. The van der Waals surface area contributed by atoms with Crippen LogP contribution in [0, 0.1) is 5.92 Å². The van der Waals surface area contributed by atoms with Gasteiger partial charge in [0.25, 0.3) is 5.91 Å². The lowest BCUT2D eigenvalue weighted by Crippen LogP contribution is -2.49. The molecule has 7 heteroatoms. The molecule has 37 heavy (non-hydrogen) atoms. The summed E-state index contributed by atoms with van der Waals surface area (Å²) in [5.41, 5.74) is 3.58. The first kappa shape index (κ1) is 28.8. The van der Waals surface area contributed by atoms with E-state index in [1.807, 2.05) is 6.92 Å². The smallest absolute Gasteiger partial charge is 0.306 e. The van der Waals surface area contributed by atoms with Crippen LogP contribution < -0.4 is 4.74 Å². The number of aromatic hydroxyl groups is 1. The number of hydrogen-bond acceptors (Lipinski definition) is 5. The van der Waals surface area contributed by atoms with Crippen molar-refractivity contribution in [3.05, 3.63) is 46.1 Å². The highest BCUT2D eigenvalue weighted by Gasteiger charge is 2.44. The topological polar surface area (TPSA) is 107 Å². The van der Waals surface area contributed by atoms with Crippen LogP contribution in [0.4, 0.5) is 0 Å². The first-order valence-electron chi connectivity index (χ1n) is 13.5. The molecule has 0 radical (unpaired) electrons. The van der Waals surface area contributed by atoms with Crippen LogP contribution in [0.1, 0.15) is 101 Å². The van der Waals surface area contributed by atoms with Gasteiger partial charge in [-0.05, 0) is 72.3 Å². The fraction of sp³-hybridized carbons (Fsp3) is 0.600. The highest BCUT2D eigenvalue weighted by molar-refractivity contribution is 6.00. The standard InChI is InChI=1S/C30H43NO6/c1-19(2)10-8-11-20(3)12-9-14-30(5)26(33)17-23-25(32)16-22-24(27(23)37-30)18-31(28(22)34)15-7-6-13-21(4)29(35)36/h10,12,16,21,26,32-33H,6-9,11,13-15,17-18H2,1-5H3,(H,35,36)/b20-12+/t21-,26-,30-/m0/s1. The van der Waals surface area contributed by atoms with Gasteiger partial charge < -0.3 is 25.0 Å². The third-order valence-electron chi connectivity index (χ3n) is 7.73. The molecule has 0 saturated heterocycles. The van der Waals surface area contributed by atoms with Gasteiger partial charge in [-0.2, -0.15) is 0 Å². The van der Waals surface area contributed by atoms with E-state index in [0.29, 0.717) is 49.2 Å². The molecule has 1 aromatic carbocycles. The number of allylic oxidation sites excluding steroid dienone is 4. The predicted molar refractivity (Wildman–Crippen MR) is 144 cm³/mol. The van der Waals surface area contributed by atoms with Gasteiger partial charge in [0.15, 0.2) is 0 Å². The Balaban J connectivity index is 1.68. The Morgan fingerprint density at radius 1 is 1.22 bits per heavy atom. The highest BCUT2D eigenvalue weighted by Crippen LogP contribution is 2.46. The van der Waals surface area contributed by atoms with E-state index in [9.17, 15) is 19.8 Å². The van der Waals surface area contributed by atoms with Gasteiger partial charge in [0.2, 0.25) is 0 Å². The van der Waals surface area contributed by atoms with Crippen molar-refractivity contribution < 1.29 is 29.6 Å². The monoisotopic (exact) mass is 513 g/mol. The number of aliphatic carboxylic acids is 1. The predicted octanol–water partition coefficient (Wildman–Crippen LogP) is 5.77. The van der Waals surface area contributed by atoms with Crippen LogP contribution in [0.3, 0.4) is 0 Å². The van der Waals surface area contributed by atoms with Crippen molar-refractivity contribution in [2.24, 2.45) is 5.92 Å². The van der Waals surface area contributed by atoms with Crippen LogP contribution in [0.5, 0.6) is 11.5 Å². The molecule has 3 atom stereocenters. The quantitative estimate of drug-likeness (QED) is 0.242. The van der Waals surface area contributed by atoms with E-state index in [0.717, 1.165) is 31.2 Å². The lowest BCUT2D eigenvalue weighted by atomic mass is 9.84. The number of carboxylic acid groups (broad SMARTS) is 1. The highest BCUT2D eigenvalue weighted by atomic mass is 16.5. The van der Waals surface area contributed by atoms with Crippen molar-refractivity contribution in [2.45, 2.75) is 104 Å². The molecule has 2 aliphatic rings. The zero-order valence-electron chi connectivity index (χ0n) is 23.0. The molecule has 0 fully saturated rings. The maximum atomic E-state index is 13.1. The first-order chi connectivity index (χ1) is 17.4. The number of benzene rings is 1. The second-order valence-corrected chi connectivity index (χ2v) is 11.2. The Bertz CT molecular complexity index is 1070. The number of carbonyl (C=O) groups is 2. The molecule has 0 bridgehead atoms. The SMILES string of the molecule is CC(C)=CCC/C(C)=C/CC[C@]1(C)Oc2c(c(O)cc3c2CN(CCCC[C@H](C)C(=O)O)C3=O)C[C@@H]1O. The Hall–Kier alpha value is -2.80. The lowest BCUT2D eigenvalue weighted by Gasteiger charge is -2.40. The van der Waals surface area contributed by atoms with Crippen molar-refractivity contribution in [3.8, 4) is 11.5 Å². The Morgan fingerprint density at radius 2 is 1.95 bits per heavy atom. The Kier molecular flexibility index (Phi) is 9.46. The summed E-state index contributed by atoms with van der Waals surface area (Å²) in [6.45, 7) is 10.8. The third kappa shape index (κ3) is 6.95. The number of hydrogen-bond donors (Lipinski definition) is 3. The number of ether oxygens (including phenoxy) is 1. The molecule has 0 saturated carbocycles. The molecule has 204 valence electrons. The molecule has 3 N–H and O–H groups in total. The molecular formula is C30H43NO6. The summed E-state index contributed by atoms with van der Waals surface area (Å²) in [4.78, 5) is 25.8. The second-order valence-electron chi connectivity index (χ2n) is 11.2. The lowest BCUT2D eigenvalue weighted by molar-refractivity contribution is -0.141. The van der Waals surface area contributed by atoms with Crippen LogP contribution in [0.25, 0.3) is 0 Å². The molecule has 0 unspecified atom stereocenters. The molecule has 3 rings (SSSR count). The number of amides is 1. The Morgan fingerprint density at radius 3 is 2.62 bits per heavy atom. The van der Waals surface area contributed by atoms with Crippen molar-refractivity contribution in [3.63, 3.8) is 0 Å². The van der Waals surface area contributed by atoms with E-state index in [1.165, 1.54) is 17.2 Å². The molecule has 2 aliphatic heterocycles. The summed E-state index contributed by atoms with van der Waals surface area (Å²) in [6, 6.07) is 1.50. The summed E-state index contributed by atoms with van der Waals surface area (Å²) in [7, 11) is 0. The fourth-order valence-electron chi connectivity index (χ4n) is 5.11. The summed E-state index contributed by atoms with van der Waals surface area (Å²) in [6.07, 6.45) is 9.36. The minimum Gasteiger partial charge on any atom is -0.508 e. The minimum atomic E-state index is -0.825. The molecule has 7 nitrogen and oxygen atoms in total. The van der Waals surface area contributed by atoms with Crippen LogP contribution >= 0.6 is 0 Å². The van der Waals surface area contributed by atoms with Gasteiger partial charge in [-0.3, -0.25) is 9.59 Å². The van der Waals surface area contributed by atoms with Gasteiger partial charge in [0.05, 0.1) is 24.1 Å². The van der Waals surface area contributed by atoms with Gasteiger partial charge in [-0.25, -0.2) is 0 Å². The number of nitrogens with zero attached hydrogens (tertiary/aromatic N) is 1. The number of phenols is 1. The van der Waals surface area contributed by atoms with Crippen molar-refractivity contribution in [2.75, 3.05) is 6.54 Å². The Labute approximate surface area is 220 Å². The van der Waals surface area contributed by atoms with E-state index >= 15 is 0 Å². The van der Waals surface area contributed by atoms with Crippen LogP contribution in [-0.2, 0) is 17.8 Å². The van der Waals surface area contributed by atoms with Crippen molar-refractivity contribution in [1.82, 2.24) is 4.90 Å². The number of aliphatic hydroxyl groups excluding tert-OH is 1. The zero-order chi connectivity index (χ0) is 27.3. The number of fused-ring (bicyclic) bond motifs is 3. The average Bonchev–Trinajstić information content (AvgIpc) is 3.13. The van der Waals surface area contributed by atoms with Gasteiger partial charge in [0, 0.05) is 24.1 Å². The van der Waals surface area contributed by atoms with Crippen LogP contribution in [0.15, 0.2) is 29.4 Å². The normalized spacial score (nSPS) is 21.8. The number of aliphatic hydroxyl groups is 1. The van der Waals surface area contributed by atoms with E-state index in [1.54, 1.807) is 11.8 Å². The first-order valence-corrected chi connectivity index (χ1v) is 13.5. The molecule has 0 aromatic heterocycles. The zero-order valence-corrected chi connectivity index (χ0v) is 23.0. The van der Waals surface area contributed by atoms with Gasteiger partial charge in [-0.15, -0.1) is 0 Å². The minimum absolute atomic E-state index is 0.0182. The molecule has 0 aliphatic carbocycles. The fourth-order valence-corrected chi connectivity index (χ4v) is 5.11. The summed E-state index contributed by atoms with van der Waals surface area (Å²) in [5.74, 6) is -0.837. The van der Waals surface area contributed by atoms with Gasteiger partial charge in [-0.1, -0.05) is 36.6 Å². The largest absolute Gasteiger partial charge is 0.508 e. The van der Waals surface area contributed by atoms with E-state index in [2.05, 4.69) is 32.9 Å². The summed E-state index contributed by atoms with van der Waals surface area (Å²) in [5, 5.41) is 30.7.